The second kappa shape index (κ2) is 8.79. The summed E-state index contributed by atoms with van der Waals surface area (Å²) in [5.74, 6) is 1.02. The third kappa shape index (κ3) is 4.72. The molecule has 0 saturated carbocycles. The third-order valence-corrected chi connectivity index (χ3v) is 4.78. The van der Waals surface area contributed by atoms with E-state index in [0.717, 1.165) is 12.2 Å². The molecule has 0 radical (unpaired) electrons. The topological polar surface area (TPSA) is 83.1 Å². The number of hydrogen-bond acceptors (Lipinski definition) is 7. The molecule has 138 valence electrons. The molecule has 4 N–H and O–H groups in total. The lowest BCUT2D eigenvalue weighted by molar-refractivity contribution is 0.0726. The summed E-state index contributed by atoms with van der Waals surface area (Å²) in [6, 6.07) is 5.21. The Balaban J connectivity index is 1.72. The average molecular weight is 413 g/mol. The first kappa shape index (κ1) is 19.1. The fourth-order valence-electron chi connectivity index (χ4n) is 2.37. The van der Waals surface area contributed by atoms with Crippen LogP contribution >= 0.6 is 35.4 Å². The van der Waals surface area contributed by atoms with E-state index in [-0.39, 0.29) is 6.10 Å². The molecule has 2 aromatic rings. The van der Waals surface area contributed by atoms with Crippen LogP contribution < -0.4 is 21.3 Å². The lowest BCUT2D eigenvalue weighted by Gasteiger charge is -2.25. The summed E-state index contributed by atoms with van der Waals surface area (Å²) in [5, 5.41) is 13.5. The second-order valence-corrected chi connectivity index (χ2v) is 6.77. The molecule has 1 aromatic carbocycles. The van der Waals surface area contributed by atoms with Crippen molar-refractivity contribution in [2.75, 3.05) is 42.7 Å². The van der Waals surface area contributed by atoms with Crippen LogP contribution in [0, 0.1) is 0 Å². The molecule has 1 aromatic heterocycles. The molecular weight excluding hydrogens is 395 g/mol. The van der Waals surface area contributed by atoms with Crippen LogP contribution in [0.25, 0.3) is 0 Å². The van der Waals surface area contributed by atoms with E-state index in [4.69, 9.17) is 40.2 Å². The van der Waals surface area contributed by atoms with Gasteiger partial charge >= 0.3 is 0 Å². The van der Waals surface area contributed by atoms with E-state index in [1.165, 1.54) is 0 Å². The SMILES string of the molecule is CNc1nc(Nc2ccc(Cl)c(Cl)c2)ncc1NC(=S)C1CNCCO1. The molecule has 1 fully saturated rings. The zero-order chi connectivity index (χ0) is 18.5. The molecule has 2 heterocycles. The van der Waals surface area contributed by atoms with Gasteiger partial charge < -0.3 is 26.0 Å². The molecule has 3 rings (SSSR count). The number of nitrogens with zero attached hydrogens (tertiary/aromatic N) is 2. The largest absolute Gasteiger partial charge is 0.371 e. The Morgan fingerprint density at radius 2 is 2.19 bits per heavy atom. The Morgan fingerprint density at radius 3 is 2.88 bits per heavy atom. The summed E-state index contributed by atoms with van der Waals surface area (Å²) in [6.45, 7) is 2.14. The van der Waals surface area contributed by atoms with Crippen LogP contribution in [0.4, 0.5) is 23.1 Å². The zero-order valence-electron chi connectivity index (χ0n) is 14.0. The molecule has 1 saturated heterocycles. The van der Waals surface area contributed by atoms with Crippen LogP contribution in [0.2, 0.25) is 10.0 Å². The number of rotatable bonds is 5. The van der Waals surface area contributed by atoms with E-state index in [1.807, 2.05) is 0 Å². The second-order valence-electron chi connectivity index (χ2n) is 5.51. The van der Waals surface area contributed by atoms with Crippen molar-refractivity contribution in [1.82, 2.24) is 15.3 Å². The highest BCUT2D eigenvalue weighted by atomic mass is 35.5. The number of anilines is 4. The number of ether oxygens (including phenoxy) is 1. The van der Waals surface area contributed by atoms with Crippen molar-refractivity contribution in [1.29, 1.82) is 0 Å². The van der Waals surface area contributed by atoms with Crippen LogP contribution in [0.15, 0.2) is 24.4 Å². The van der Waals surface area contributed by atoms with Crippen molar-refractivity contribution in [2.45, 2.75) is 6.10 Å². The monoisotopic (exact) mass is 412 g/mol. The first-order valence-corrected chi connectivity index (χ1v) is 9.13. The van der Waals surface area contributed by atoms with Crippen LogP contribution in [-0.4, -0.2) is 47.8 Å². The fourth-order valence-corrected chi connectivity index (χ4v) is 2.93. The molecule has 1 unspecified atom stereocenters. The van der Waals surface area contributed by atoms with Crippen molar-refractivity contribution >= 4 is 63.5 Å². The minimum atomic E-state index is -0.169. The molecule has 0 amide bonds. The van der Waals surface area contributed by atoms with Gasteiger partial charge in [0.2, 0.25) is 5.95 Å². The summed E-state index contributed by atoms with van der Waals surface area (Å²) in [5.41, 5.74) is 1.41. The molecule has 0 bridgehead atoms. The van der Waals surface area contributed by atoms with E-state index < -0.39 is 0 Å². The minimum absolute atomic E-state index is 0.169. The molecular formula is C16H18Cl2N6OS. The molecule has 0 aliphatic carbocycles. The molecule has 1 aliphatic heterocycles. The highest BCUT2D eigenvalue weighted by Crippen LogP contribution is 2.27. The Hall–Kier alpha value is -1.71. The maximum absolute atomic E-state index is 6.03. The number of morpholine rings is 1. The maximum atomic E-state index is 6.03. The van der Waals surface area contributed by atoms with Crippen LogP contribution in [0.1, 0.15) is 0 Å². The van der Waals surface area contributed by atoms with Gasteiger partial charge in [-0.3, -0.25) is 0 Å². The molecule has 1 atom stereocenters. The van der Waals surface area contributed by atoms with Crippen molar-refractivity contribution in [3.05, 3.63) is 34.4 Å². The first-order valence-electron chi connectivity index (χ1n) is 7.97. The number of hydrogen-bond donors (Lipinski definition) is 4. The van der Waals surface area contributed by atoms with Gasteiger partial charge in [0.05, 0.1) is 22.8 Å². The van der Waals surface area contributed by atoms with Gasteiger partial charge in [0.15, 0.2) is 5.82 Å². The number of aromatic nitrogens is 2. The van der Waals surface area contributed by atoms with E-state index >= 15 is 0 Å². The standard InChI is InChI=1S/C16H18Cl2N6OS/c1-19-14-12(23-15(26)13-8-20-4-5-25-13)7-21-16(24-14)22-9-2-3-10(17)11(18)6-9/h2-3,6-7,13,20H,4-5,8H2,1H3,(H,23,26)(H2,19,21,22,24). The predicted molar refractivity (Wildman–Crippen MR) is 110 cm³/mol. The van der Waals surface area contributed by atoms with Gasteiger partial charge in [0, 0.05) is 25.8 Å². The molecule has 0 spiro atoms. The van der Waals surface area contributed by atoms with Crippen LogP contribution in [-0.2, 0) is 4.74 Å². The van der Waals surface area contributed by atoms with Gasteiger partial charge in [-0.05, 0) is 18.2 Å². The molecule has 26 heavy (non-hydrogen) atoms. The predicted octanol–water partition coefficient (Wildman–Crippen LogP) is 3.30. The number of halogens is 2. The Morgan fingerprint density at radius 1 is 1.35 bits per heavy atom. The fraction of sp³-hybridized carbons (Fsp3) is 0.312. The Labute approximate surface area is 166 Å². The van der Waals surface area contributed by atoms with Gasteiger partial charge in [-0.15, -0.1) is 0 Å². The van der Waals surface area contributed by atoms with E-state index in [1.54, 1.807) is 31.4 Å². The molecule has 7 nitrogen and oxygen atoms in total. The Bertz CT molecular complexity index is 800. The van der Waals surface area contributed by atoms with E-state index in [9.17, 15) is 0 Å². The van der Waals surface area contributed by atoms with Crippen LogP contribution in [0.5, 0.6) is 0 Å². The van der Waals surface area contributed by atoms with Crippen molar-refractivity contribution < 1.29 is 4.74 Å². The van der Waals surface area contributed by atoms with E-state index in [0.29, 0.717) is 45.6 Å². The van der Waals surface area contributed by atoms with Gasteiger partial charge in [-0.1, -0.05) is 35.4 Å². The minimum Gasteiger partial charge on any atom is -0.371 e. The lowest BCUT2D eigenvalue weighted by Crippen LogP contribution is -2.44. The highest BCUT2D eigenvalue weighted by molar-refractivity contribution is 7.80. The smallest absolute Gasteiger partial charge is 0.229 e. The van der Waals surface area contributed by atoms with Gasteiger partial charge in [0.1, 0.15) is 16.8 Å². The summed E-state index contributed by atoms with van der Waals surface area (Å²) >= 11 is 17.4. The number of benzene rings is 1. The first-order chi connectivity index (χ1) is 12.6. The number of nitrogens with one attached hydrogen (secondary N) is 4. The summed E-state index contributed by atoms with van der Waals surface area (Å²) < 4.78 is 5.65. The average Bonchev–Trinajstić information content (AvgIpc) is 2.66. The normalized spacial score (nSPS) is 16.8. The summed E-state index contributed by atoms with van der Waals surface area (Å²) in [4.78, 5) is 9.35. The molecule has 1 aliphatic rings. The van der Waals surface area contributed by atoms with Crippen LogP contribution in [0.3, 0.4) is 0 Å². The maximum Gasteiger partial charge on any atom is 0.229 e. The third-order valence-electron chi connectivity index (χ3n) is 3.68. The van der Waals surface area contributed by atoms with E-state index in [2.05, 4.69) is 31.2 Å². The van der Waals surface area contributed by atoms with Crippen molar-refractivity contribution in [2.24, 2.45) is 0 Å². The Kier molecular flexibility index (Phi) is 6.44. The van der Waals surface area contributed by atoms with Gasteiger partial charge in [0.25, 0.3) is 0 Å². The lowest BCUT2D eigenvalue weighted by atomic mass is 10.3. The van der Waals surface area contributed by atoms with Crippen molar-refractivity contribution in [3.8, 4) is 0 Å². The summed E-state index contributed by atoms with van der Waals surface area (Å²) in [7, 11) is 1.78. The van der Waals surface area contributed by atoms with Gasteiger partial charge in [-0.25, -0.2) is 4.98 Å². The van der Waals surface area contributed by atoms with Gasteiger partial charge in [-0.2, -0.15) is 4.98 Å². The quantitative estimate of drug-likeness (QED) is 0.556. The zero-order valence-corrected chi connectivity index (χ0v) is 16.3. The molecule has 10 heteroatoms. The number of thiocarbonyl (C=S) groups is 1. The summed E-state index contributed by atoms with van der Waals surface area (Å²) in [6.07, 6.45) is 1.49. The van der Waals surface area contributed by atoms with Crippen molar-refractivity contribution in [3.63, 3.8) is 0 Å². The highest BCUT2D eigenvalue weighted by Gasteiger charge is 2.19.